The second kappa shape index (κ2) is 9.80. The fraction of sp³-hybridized carbons (Fsp3) is 0.273. The molecule has 1 amide bonds. The Bertz CT molecular complexity index is 1010. The molecule has 1 heterocycles. The molecule has 158 valence electrons. The van der Waals surface area contributed by atoms with E-state index in [1.165, 1.54) is 0 Å². The number of hydrogen-bond donors (Lipinski definition) is 1. The summed E-state index contributed by atoms with van der Waals surface area (Å²) in [4.78, 5) is 18.1. The molecule has 0 fully saturated rings. The standard InChI is InChI=1S/C22H25N3O5/c1-25(2)11-12-29-22(26)24-15-5-7-16(8-6-15)30-19-9-10-23-18-14-21(28-4)20(27-3)13-17(18)19/h5-10,13-14H,11-12H2,1-4H3,(H,24,26). The number of ether oxygens (including phenoxy) is 4. The Kier molecular flexibility index (Phi) is 6.92. The number of aromatic nitrogens is 1. The molecule has 0 aliphatic carbocycles. The van der Waals surface area contributed by atoms with Crippen LogP contribution in [-0.2, 0) is 4.74 Å². The number of amides is 1. The molecular formula is C22H25N3O5. The van der Waals surface area contributed by atoms with Crippen molar-refractivity contribution in [2.75, 3.05) is 46.8 Å². The number of likely N-dealkylation sites (N-methyl/N-ethyl adjacent to an activating group) is 1. The Labute approximate surface area is 175 Å². The molecule has 0 saturated carbocycles. The highest BCUT2D eigenvalue weighted by atomic mass is 16.5. The van der Waals surface area contributed by atoms with Gasteiger partial charge in [-0.3, -0.25) is 10.3 Å². The van der Waals surface area contributed by atoms with Crippen molar-refractivity contribution in [2.45, 2.75) is 0 Å². The molecule has 0 bridgehead atoms. The average Bonchev–Trinajstić information content (AvgIpc) is 2.74. The molecule has 30 heavy (non-hydrogen) atoms. The van der Waals surface area contributed by atoms with Crippen molar-refractivity contribution in [3.63, 3.8) is 0 Å². The molecule has 3 aromatic rings. The first-order chi connectivity index (χ1) is 14.5. The Balaban J connectivity index is 1.71. The van der Waals surface area contributed by atoms with Crippen molar-refractivity contribution >= 4 is 22.7 Å². The molecule has 0 unspecified atom stereocenters. The topological polar surface area (TPSA) is 82.2 Å². The number of carbonyl (C=O) groups excluding carboxylic acids is 1. The molecule has 0 atom stereocenters. The van der Waals surface area contributed by atoms with Crippen LogP contribution in [0.4, 0.5) is 10.5 Å². The molecule has 3 rings (SSSR count). The van der Waals surface area contributed by atoms with Gasteiger partial charge in [0, 0.05) is 29.9 Å². The van der Waals surface area contributed by atoms with Crippen LogP contribution < -0.4 is 19.5 Å². The lowest BCUT2D eigenvalue weighted by Gasteiger charge is -2.13. The van der Waals surface area contributed by atoms with Gasteiger partial charge in [0.1, 0.15) is 18.1 Å². The molecule has 0 saturated heterocycles. The molecule has 0 aliphatic rings. The van der Waals surface area contributed by atoms with Gasteiger partial charge in [-0.15, -0.1) is 0 Å². The largest absolute Gasteiger partial charge is 0.493 e. The van der Waals surface area contributed by atoms with E-state index in [0.717, 1.165) is 10.9 Å². The molecule has 1 aromatic heterocycles. The zero-order valence-corrected chi connectivity index (χ0v) is 17.5. The number of fused-ring (bicyclic) bond motifs is 1. The van der Waals surface area contributed by atoms with Gasteiger partial charge >= 0.3 is 6.09 Å². The Hall–Kier alpha value is -3.52. The van der Waals surface area contributed by atoms with Crippen molar-refractivity contribution < 1.29 is 23.7 Å². The van der Waals surface area contributed by atoms with Crippen LogP contribution in [0.1, 0.15) is 0 Å². The number of carbonyl (C=O) groups is 1. The first-order valence-corrected chi connectivity index (χ1v) is 9.37. The summed E-state index contributed by atoms with van der Waals surface area (Å²) in [5.41, 5.74) is 1.34. The summed E-state index contributed by atoms with van der Waals surface area (Å²) >= 11 is 0. The van der Waals surface area contributed by atoms with Crippen LogP contribution in [0.25, 0.3) is 10.9 Å². The highest BCUT2D eigenvalue weighted by Crippen LogP contribution is 2.36. The monoisotopic (exact) mass is 411 g/mol. The van der Waals surface area contributed by atoms with Crippen LogP contribution in [0.15, 0.2) is 48.7 Å². The van der Waals surface area contributed by atoms with E-state index in [4.69, 9.17) is 18.9 Å². The minimum Gasteiger partial charge on any atom is -0.493 e. The molecule has 0 radical (unpaired) electrons. The van der Waals surface area contributed by atoms with Gasteiger partial charge < -0.3 is 23.8 Å². The lowest BCUT2D eigenvalue weighted by Crippen LogP contribution is -2.22. The summed E-state index contributed by atoms with van der Waals surface area (Å²) in [6.45, 7) is 0.986. The average molecular weight is 411 g/mol. The number of hydrogen-bond acceptors (Lipinski definition) is 7. The maximum absolute atomic E-state index is 11.8. The third-order valence-corrected chi connectivity index (χ3v) is 4.31. The van der Waals surface area contributed by atoms with Crippen molar-refractivity contribution in [2.24, 2.45) is 0 Å². The summed E-state index contributed by atoms with van der Waals surface area (Å²) in [7, 11) is 6.99. The Morgan fingerprint density at radius 2 is 1.70 bits per heavy atom. The maximum Gasteiger partial charge on any atom is 0.411 e. The number of anilines is 1. The second-order valence-electron chi connectivity index (χ2n) is 6.72. The van der Waals surface area contributed by atoms with Gasteiger partial charge in [-0.2, -0.15) is 0 Å². The second-order valence-corrected chi connectivity index (χ2v) is 6.72. The van der Waals surface area contributed by atoms with Gasteiger partial charge in [-0.25, -0.2) is 4.79 Å². The van der Waals surface area contributed by atoms with Crippen LogP contribution in [0.5, 0.6) is 23.0 Å². The van der Waals surface area contributed by atoms with Crippen molar-refractivity contribution in [3.05, 3.63) is 48.7 Å². The summed E-state index contributed by atoms with van der Waals surface area (Å²) in [5, 5.41) is 3.48. The maximum atomic E-state index is 11.8. The fourth-order valence-electron chi connectivity index (χ4n) is 2.74. The third-order valence-electron chi connectivity index (χ3n) is 4.31. The number of nitrogens with zero attached hydrogens (tertiary/aromatic N) is 2. The van der Waals surface area contributed by atoms with Gasteiger partial charge in [0.2, 0.25) is 0 Å². The van der Waals surface area contributed by atoms with Crippen molar-refractivity contribution in [1.29, 1.82) is 0 Å². The first-order valence-electron chi connectivity index (χ1n) is 9.37. The van der Waals surface area contributed by atoms with E-state index in [2.05, 4.69) is 10.3 Å². The minimum atomic E-state index is -0.494. The highest BCUT2D eigenvalue weighted by Gasteiger charge is 2.11. The van der Waals surface area contributed by atoms with Gasteiger partial charge in [-0.05, 0) is 50.5 Å². The van der Waals surface area contributed by atoms with Crippen LogP contribution in [0.2, 0.25) is 0 Å². The summed E-state index contributed by atoms with van der Waals surface area (Å²) in [6, 6.07) is 12.4. The van der Waals surface area contributed by atoms with E-state index in [1.54, 1.807) is 56.8 Å². The zero-order chi connectivity index (χ0) is 21.5. The first kappa shape index (κ1) is 21.2. The summed E-state index contributed by atoms with van der Waals surface area (Å²) < 4.78 is 21.9. The van der Waals surface area contributed by atoms with Crippen LogP contribution >= 0.6 is 0 Å². The number of nitrogens with one attached hydrogen (secondary N) is 1. The molecule has 8 heteroatoms. The van der Waals surface area contributed by atoms with Gasteiger partial charge in [0.15, 0.2) is 11.5 Å². The number of pyridine rings is 1. The number of rotatable bonds is 8. The highest BCUT2D eigenvalue weighted by molar-refractivity contribution is 5.88. The minimum absolute atomic E-state index is 0.323. The van der Waals surface area contributed by atoms with Gasteiger partial charge in [0.25, 0.3) is 0 Å². The van der Waals surface area contributed by atoms with E-state index < -0.39 is 6.09 Å². The smallest absolute Gasteiger partial charge is 0.411 e. The Morgan fingerprint density at radius 1 is 1.00 bits per heavy atom. The molecule has 8 nitrogen and oxygen atoms in total. The molecule has 0 aliphatic heterocycles. The van der Waals surface area contributed by atoms with Crippen molar-refractivity contribution in [1.82, 2.24) is 9.88 Å². The number of benzene rings is 2. The van der Waals surface area contributed by atoms with E-state index in [9.17, 15) is 4.79 Å². The molecular weight excluding hydrogens is 386 g/mol. The zero-order valence-electron chi connectivity index (χ0n) is 17.5. The van der Waals surface area contributed by atoms with Crippen LogP contribution in [0.3, 0.4) is 0 Å². The molecule has 1 N–H and O–H groups in total. The third kappa shape index (κ3) is 5.30. The summed E-state index contributed by atoms with van der Waals surface area (Å²) in [6.07, 6.45) is 1.18. The fourth-order valence-corrected chi connectivity index (χ4v) is 2.74. The van der Waals surface area contributed by atoms with E-state index in [0.29, 0.717) is 41.8 Å². The van der Waals surface area contributed by atoms with E-state index in [1.807, 2.05) is 25.1 Å². The summed E-state index contributed by atoms with van der Waals surface area (Å²) in [5.74, 6) is 2.44. The molecule has 0 spiro atoms. The number of methoxy groups -OCH3 is 2. The van der Waals surface area contributed by atoms with E-state index in [-0.39, 0.29) is 0 Å². The predicted molar refractivity (Wildman–Crippen MR) is 115 cm³/mol. The Morgan fingerprint density at radius 3 is 2.37 bits per heavy atom. The normalized spacial score (nSPS) is 10.7. The van der Waals surface area contributed by atoms with E-state index >= 15 is 0 Å². The lowest BCUT2D eigenvalue weighted by atomic mass is 10.2. The predicted octanol–water partition coefficient (Wildman–Crippen LogP) is 4.15. The quantitative estimate of drug-likeness (QED) is 0.596. The van der Waals surface area contributed by atoms with Crippen LogP contribution in [-0.4, -0.2) is 57.4 Å². The lowest BCUT2D eigenvalue weighted by molar-refractivity contribution is 0.151. The molecule has 2 aromatic carbocycles. The van der Waals surface area contributed by atoms with Crippen LogP contribution in [0, 0.1) is 0 Å². The SMILES string of the molecule is COc1cc2nccc(Oc3ccc(NC(=O)OCCN(C)C)cc3)c2cc1OC. The van der Waals surface area contributed by atoms with Gasteiger partial charge in [-0.1, -0.05) is 0 Å². The van der Waals surface area contributed by atoms with Crippen molar-refractivity contribution in [3.8, 4) is 23.0 Å². The van der Waals surface area contributed by atoms with Gasteiger partial charge in [0.05, 0.1) is 19.7 Å².